The van der Waals surface area contributed by atoms with E-state index in [2.05, 4.69) is 4.98 Å². The number of benzene rings is 2. The zero-order valence-electron chi connectivity index (χ0n) is 11.5. The van der Waals surface area contributed by atoms with Crippen molar-refractivity contribution in [2.75, 3.05) is 6.61 Å². The summed E-state index contributed by atoms with van der Waals surface area (Å²) in [6, 6.07) is 12.0. The van der Waals surface area contributed by atoms with E-state index >= 15 is 0 Å². The van der Waals surface area contributed by atoms with Gasteiger partial charge in [-0.1, -0.05) is 6.07 Å². The van der Waals surface area contributed by atoms with E-state index in [4.69, 9.17) is 16.3 Å². The van der Waals surface area contributed by atoms with Crippen molar-refractivity contribution in [3.05, 3.63) is 54.1 Å². The number of ether oxygens (including phenoxy) is 1. The molecule has 0 spiro atoms. The second kappa shape index (κ2) is 5.74. The van der Waals surface area contributed by atoms with Gasteiger partial charge in [0, 0.05) is 5.69 Å². The largest absolute Gasteiger partial charge is 0.492 e. The summed E-state index contributed by atoms with van der Waals surface area (Å²) in [5.74, 6) is 1.41. The molecule has 5 heteroatoms. The summed E-state index contributed by atoms with van der Waals surface area (Å²) in [6.45, 7) is 2.50. The number of nitrogens with zero attached hydrogens (tertiary/aromatic N) is 2. The molecular formula is C16H14ClFN2O. The standard InChI is InChI=1S/C16H14ClFN2O/c1-2-21-14-5-3-4-13-16(14)19-15(10-17)20(13)12-8-6-11(18)7-9-12/h3-9H,2,10H2,1H3. The van der Waals surface area contributed by atoms with Gasteiger partial charge in [-0.3, -0.25) is 4.57 Å². The number of imidazole rings is 1. The Morgan fingerprint density at radius 2 is 1.95 bits per heavy atom. The van der Waals surface area contributed by atoms with Crippen LogP contribution in [0.25, 0.3) is 16.7 Å². The minimum atomic E-state index is -0.273. The van der Waals surface area contributed by atoms with Crippen molar-refractivity contribution in [3.63, 3.8) is 0 Å². The summed E-state index contributed by atoms with van der Waals surface area (Å²) in [5.41, 5.74) is 2.48. The van der Waals surface area contributed by atoms with Crippen LogP contribution in [0.3, 0.4) is 0 Å². The van der Waals surface area contributed by atoms with Gasteiger partial charge in [-0.05, 0) is 43.3 Å². The van der Waals surface area contributed by atoms with E-state index < -0.39 is 0 Å². The fraction of sp³-hybridized carbons (Fsp3) is 0.188. The molecule has 0 atom stereocenters. The maximum Gasteiger partial charge on any atom is 0.147 e. The lowest BCUT2D eigenvalue weighted by atomic mass is 10.2. The van der Waals surface area contributed by atoms with Crippen molar-refractivity contribution in [2.45, 2.75) is 12.8 Å². The number of alkyl halides is 1. The Kier molecular flexibility index (Phi) is 3.80. The molecule has 1 aromatic heterocycles. The Morgan fingerprint density at radius 3 is 2.62 bits per heavy atom. The summed E-state index contributed by atoms with van der Waals surface area (Å²) in [5, 5.41) is 0. The van der Waals surface area contributed by atoms with E-state index in [1.54, 1.807) is 12.1 Å². The molecule has 3 nitrogen and oxygen atoms in total. The highest BCUT2D eigenvalue weighted by atomic mass is 35.5. The van der Waals surface area contributed by atoms with Crippen LogP contribution in [0.5, 0.6) is 5.75 Å². The Morgan fingerprint density at radius 1 is 1.19 bits per heavy atom. The molecule has 0 aliphatic heterocycles. The van der Waals surface area contributed by atoms with Crippen molar-refractivity contribution < 1.29 is 9.13 Å². The van der Waals surface area contributed by atoms with Gasteiger partial charge in [-0.25, -0.2) is 9.37 Å². The zero-order valence-corrected chi connectivity index (χ0v) is 12.3. The Hall–Kier alpha value is -2.07. The summed E-state index contributed by atoms with van der Waals surface area (Å²) in [7, 11) is 0. The second-order valence-electron chi connectivity index (χ2n) is 4.53. The summed E-state index contributed by atoms with van der Waals surface area (Å²) < 4.78 is 20.6. The van der Waals surface area contributed by atoms with Crippen LogP contribution in [0.2, 0.25) is 0 Å². The number of hydrogen-bond acceptors (Lipinski definition) is 2. The van der Waals surface area contributed by atoms with Crippen LogP contribution in [-0.2, 0) is 5.88 Å². The number of aromatic nitrogens is 2. The third-order valence-electron chi connectivity index (χ3n) is 3.22. The van der Waals surface area contributed by atoms with Crippen molar-refractivity contribution >= 4 is 22.6 Å². The van der Waals surface area contributed by atoms with Crippen LogP contribution in [-0.4, -0.2) is 16.2 Å². The van der Waals surface area contributed by atoms with Crippen LogP contribution in [0.4, 0.5) is 4.39 Å². The van der Waals surface area contributed by atoms with Gasteiger partial charge >= 0.3 is 0 Å². The van der Waals surface area contributed by atoms with E-state index in [1.807, 2.05) is 29.7 Å². The molecule has 3 aromatic rings. The van der Waals surface area contributed by atoms with Gasteiger partial charge in [0.15, 0.2) is 0 Å². The maximum absolute atomic E-state index is 13.1. The fourth-order valence-electron chi connectivity index (χ4n) is 2.36. The summed E-state index contributed by atoms with van der Waals surface area (Å²) in [6.07, 6.45) is 0. The van der Waals surface area contributed by atoms with Crippen molar-refractivity contribution in [3.8, 4) is 11.4 Å². The molecule has 21 heavy (non-hydrogen) atoms. The molecule has 0 fully saturated rings. The SMILES string of the molecule is CCOc1cccc2c1nc(CCl)n2-c1ccc(F)cc1. The Labute approximate surface area is 126 Å². The first-order valence-electron chi connectivity index (χ1n) is 6.69. The molecule has 0 unspecified atom stereocenters. The van der Waals surface area contributed by atoms with E-state index in [9.17, 15) is 4.39 Å². The first-order chi connectivity index (χ1) is 10.2. The highest BCUT2D eigenvalue weighted by molar-refractivity contribution is 6.17. The normalized spacial score (nSPS) is 11.0. The van der Waals surface area contributed by atoms with Gasteiger partial charge < -0.3 is 4.74 Å². The predicted molar refractivity (Wildman–Crippen MR) is 81.8 cm³/mol. The fourth-order valence-corrected chi connectivity index (χ4v) is 2.54. The van der Waals surface area contributed by atoms with E-state index in [0.29, 0.717) is 12.4 Å². The summed E-state index contributed by atoms with van der Waals surface area (Å²) >= 11 is 6.02. The number of halogens is 2. The molecule has 0 bridgehead atoms. The molecule has 0 N–H and O–H groups in total. The van der Waals surface area contributed by atoms with Gasteiger partial charge in [0.2, 0.25) is 0 Å². The van der Waals surface area contributed by atoms with Crippen molar-refractivity contribution in [1.29, 1.82) is 0 Å². The lowest BCUT2D eigenvalue weighted by Crippen LogP contribution is -1.99. The third kappa shape index (κ3) is 2.47. The molecule has 3 rings (SSSR count). The molecule has 0 saturated heterocycles. The molecule has 1 heterocycles. The molecule has 0 aliphatic carbocycles. The van der Waals surface area contributed by atoms with Crippen molar-refractivity contribution in [2.24, 2.45) is 0 Å². The highest BCUT2D eigenvalue weighted by Crippen LogP contribution is 2.29. The average Bonchev–Trinajstić information content (AvgIpc) is 2.88. The lowest BCUT2D eigenvalue weighted by Gasteiger charge is -2.08. The van der Waals surface area contributed by atoms with Crippen LogP contribution in [0.1, 0.15) is 12.7 Å². The average molecular weight is 305 g/mol. The molecule has 0 amide bonds. The molecule has 108 valence electrons. The topological polar surface area (TPSA) is 27.1 Å². The van der Waals surface area contributed by atoms with Crippen LogP contribution >= 0.6 is 11.6 Å². The van der Waals surface area contributed by atoms with Crippen LogP contribution in [0.15, 0.2) is 42.5 Å². The quantitative estimate of drug-likeness (QED) is 0.672. The zero-order chi connectivity index (χ0) is 14.8. The molecule has 0 radical (unpaired) electrons. The monoisotopic (exact) mass is 304 g/mol. The predicted octanol–water partition coefficient (Wildman–Crippen LogP) is 4.30. The van der Waals surface area contributed by atoms with Crippen LogP contribution < -0.4 is 4.74 Å². The Bertz CT molecular complexity index is 768. The van der Waals surface area contributed by atoms with E-state index in [1.165, 1.54) is 12.1 Å². The molecule has 0 aliphatic rings. The number of fused-ring (bicyclic) bond motifs is 1. The minimum Gasteiger partial charge on any atom is -0.492 e. The first-order valence-corrected chi connectivity index (χ1v) is 7.23. The molecular weight excluding hydrogens is 291 g/mol. The van der Waals surface area contributed by atoms with Crippen molar-refractivity contribution in [1.82, 2.24) is 9.55 Å². The lowest BCUT2D eigenvalue weighted by molar-refractivity contribution is 0.343. The maximum atomic E-state index is 13.1. The second-order valence-corrected chi connectivity index (χ2v) is 4.80. The highest BCUT2D eigenvalue weighted by Gasteiger charge is 2.15. The van der Waals surface area contributed by atoms with Gasteiger partial charge in [0.1, 0.15) is 22.9 Å². The number of rotatable bonds is 4. The first kappa shape index (κ1) is 13.9. The molecule has 0 saturated carbocycles. The number of hydrogen-bond donors (Lipinski definition) is 0. The van der Waals surface area contributed by atoms with Gasteiger partial charge in [-0.15, -0.1) is 11.6 Å². The van der Waals surface area contributed by atoms with E-state index in [-0.39, 0.29) is 11.7 Å². The third-order valence-corrected chi connectivity index (χ3v) is 3.46. The van der Waals surface area contributed by atoms with Gasteiger partial charge in [0.05, 0.1) is 18.0 Å². The van der Waals surface area contributed by atoms with Gasteiger partial charge in [-0.2, -0.15) is 0 Å². The van der Waals surface area contributed by atoms with Crippen LogP contribution in [0, 0.1) is 5.82 Å². The summed E-state index contributed by atoms with van der Waals surface area (Å²) in [4.78, 5) is 4.56. The molecule has 2 aromatic carbocycles. The smallest absolute Gasteiger partial charge is 0.147 e. The minimum absolute atomic E-state index is 0.262. The Balaban J connectivity index is 2.25. The number of para-hydroxylation sites is 1. The van der Waals surface area contributed by atoms with Gasteiger partial charge in [0.25, 0.3) is 0 Å². The van der Waals surface area contributed by atoms with E-state index in [0.717, 1.165) is 22.5 Å².